The first-order valence-electron chi connectivity index (χ1n) is 8.65. The Labute approximate surface area is 128 Å². The van der Waals surface area contributed by atoms with E-state index in [0.717, 1.165) is 31.8 Å². The first kappa shape index (κ1) is 15.1. The molecule has 0 radical (unpaired) electrons. The zero-order valence-electron chi connectivity index (χ0n) is 13.5. The number of hydrogen-bond acceptors (Lipinski definition) is 3. The molecule has 2 atom stereocenters. The van der Waals surface area contributed by atoms with Gasteiger partial charge in [-0.1, -0.05) is 19.8 Å². The molecule has 3 rings (SSSR count). The van der Waals surface area contributed by atoms with Gasteiger partial charge in [-0.25, -0.2) is 0 Å². The van der Waals surface area contributed by atoms with E-state index in [9.17, 15) is 0 Å². The van der Waals surface area contributed by atoms with Crippen molar-refractivity contribution >= 4 is 0 Å². The summed E-state index contributed by atoms with van der Waals surface area (Å²) < 4.78 is 12.0. The van der Waals surface area contributed by atoms with Gasteiger partial charge in [-0.05, 0) is 63.1 Å². The fourth-order valence-electron chi connectivity index (χ4n) is 4.19. The van der Waals surface area contributed by atoms with Crippen LogP contribution in [-0.2, 0) is 4.74 Å². The molecular weight excluding hydrogens is 262 g/mol. The van der Waals surface area contributed by atoms with Gasteiger partial charge in [0.25, 0.3) is 0 Å². The monoisotopic (exact) mass is 291 g/mol. The smallest absolute Gasteiger partial charge is 0.123 e. The van der Waals surface area contributed by atoms with Crippen molar-refractivity contribution in [2.75, 3.05) is 13.2 Å². The Hall–Kier alpha value is -0.800. The molecule has 1 aliphatic heterocycles. The highest BCUT2D eigenvalue weighted by Crippen LogP contribution is 2.45. The Bertz CT molecular complexity index is 448. The number of ether oxygens (including phenoxy) is 1. The van der Waals surface area contributed by atoms with Gasteiger partial charge in [0.05, 0.1) is 17.9 Å². The molecule has 118 valence electrons. The number of hydrogen-bond donors (Lipinski definition) is 1. The van der Waals surface area contributed by atoms with Crippen molar-refractivity contribution < 1.29 is 9.15 Å². The number of aryl methyl sites for hydroxylation is 1. The van der Waals surface area contributed by atoms with E-state index in [1.807, 2.05) is 6.26 Å². The standard InChI is InChI=1S/C18H29NO2/c1-3-10-19-16(17-14(2)6-11-20-17)15-7-12-21-18(13-15)8-4-5-9-18/h6,11,15-16,19H,3-5,7-10,12-13H2,1-2H3. The Morgan fingerprint density at radius 2 is 2.19 bits per heavy atom. The number of rotatable bonds is 5. The summed E-state index contributed by atoms with van der Waals surface area (Å²) in [6.07, 6.45) is 10.5. The van der Waals surface area contributed by atoms with Crippen molar-refractivity contribution in [2.24, 2.45) is 5.92 Å². The molecule has 0 amide bonds. The molecule has 3 nitrogen and oxygen atoms in total. The van der Waals surface area contributed by atoms with Crippen LogP contribution < -0.4 is 5.32 Å². The predicted molar refractivity (Wildman–Crippen MR) is 84.4 cm³/mol. The minimum absolute atomic E-state index is 0.176. The van der Waals surface area contributed by atoms with E-state index >= 15 is 0 Å². The fourth-order valence-corrected chi connectivity index (χ4v) is 4.19. The van der Waals surface area contributed by atoms with E-state index in [1.165, 1.54) is 37.7 Å². The van der Waals surface area contributed by atoms with E-state index in [1.54, 1.807) is 0 Å². The van der Waals surface area contributed by atoms with Crippen LogP contribution in [0.5, 0.6) is 0 Å². The van der Waals surface area contributed by atoms with Gasteiger partial charge in [-0.2, -0.15) is 0 Å². The molecule has 2 fully saturated rings. The van der Waals surface area contributed by atoms with Crippen LogP contribution >= 0.6 is 0 Å². The Morgan fingerprint density at radius 3 is 2.86 bits per heavy atom. The summed E-state index contributed by atoms with van der Waals surface area (Å²) in [5.41, 5.74) is 1.45. The molecule has 21 heavy (non-hydrogen) atoms. The maximum atomic E-state index is 6.20. The largest absolute Gasteiger partial charge is 0.467 e. The average molecular weight is 291 g/mol. The first-order valence-corrected chi connectivity index (χ1v) is 8.65. The minimum atomic E-state index is 0.176. The molecule has 1 spiro atoms. The number of nitrogens with one attached hydrogen (secondary N) is 1. The van der Waals surface area contributed by atoms with Crippen LogP contribution in [0.3, 0.4) is 0 Å². The summed E-state index contributed by atoms with van der Waals surface area (Å²) in [4.78, 5) is 0. The summed E-state index contributed by atoms with van der Waals surface area (Å²) in [5, 5.41) is 3.74. The fraction of sp³-hybridized carbons (Fsp3) is 0.778. The van der Waals surface area contributed by atoms with Crippen molar-refractivity contribution in [2.45, 2.75) is 70.4 Å². The highest BCUT2D eigenvalue weighted by molar-refractivity contribution is 5.19. The Morgan fingerprint density at radius 1 is 1.38 bits per heavy atom. The second kappa shape index (κ2) is 6.53. The van der Waals surface area contributed by atoms with Crippen LogP contribution in [0.2, 0.25) is 0 Å². The summed E-state index contributed by atoms with van der Waals surface area (Å²) in [6.45, 7) is 6.34. The SMILES string of the molecule is CCCNC(c1occc1C)C1CCOC2(CCCC2)C1. The van der Waals surface area contributed by atoms with Crippen LogP contribution in [0.1, 0.15) is 69.2 Å². The normalized spacial score (nSPS) is 26.3. The quantitative estimate of drug-likeness (QED) is 0.875. The van der Waals surface area contributed by atoms with E-state index in [4.69, 9.17) is 9.15 Å². The molecular formula is C18H29NO2. The maximum Gasteiger partial charge on any atom is 0.123 e. The Balaban J connectivity index is 1.77. The molecule has 1 aliphatic carbocycles. The van der Waals surface area contributed by atoms with Crippen molar-refractivity contribution in [3.63, 3.8) is 0 Å². The minimum Gasteiger partial charge on any atom is -0.467 e. The molecule has 1 saturated heterocycles. The van der Waals surface area contributed by atoms with Gasteiger partial charge < -0.3 is 14.5 Å². The second-order valence-electron chi connectivity index (χ2n) is 6.89. The lowest BCUT2D eigenvalue weighted by atomic mass is 9.79. The van der Waals surface area contributed by atoms with Crippen LogP contribution in [0, 0.1) is 12.8 Å². The summed E-state index contributed by atoms with van der Waals surface area (Å²) in [6, 6.07) is 2.43. The maximum absolute atomic E-state index is 6.20. The highest BCUT2D eigenvalue weighted by atomic mass is 16.5. The molecule has 1 saturated carbocycles. The van der Waals surface area contributed by atoms with E-state index in [2.05, 4.69) is 25.2 Å². The van der Waals surface area contributed by atoms with Gasteiger partial charge in [0.2, 0.25) is 0 Å². The zero-order valence-corrected chi connectivity index (χ0v) is 13.5. The topological polar surface area (TPSA) is 34.4 Å². The molecule has 2 unspecified atom stereocenters. The molecule has 2 aliphatic rings. The van der Waals surface area contributed by atoms with Crippen molar-refractivity contribution in [1.29, 1.82) is 0 Å². The third-order valence-electron chi connectivity index (χ3n) is 5.32. The molecule has 2 heterocycles. The molecule has 0 bridgehead atoms. The van der Waals surface area contributed by atoms with Gasteiger partial charge in [-0.15, -0.1) is 0 Å². The first-order chi connectivity index (χ1) is 10.2. The summed E-state index contributed by atoms with van der Waals surface area (Å²) >= 11 is 0. The van der Waals surface area contributed by atoms with Crippen molar-refractivity contribution in [3.8, 4) is 0 Å². The van der Waals surface area contributed by atoms with Gasteiger partial charge in [-0.3, -0.25) is 0 Å². The van der Waals surface area contributed by atoms with Crippen LogP contribution in [0.25, 0.3) is 0 Å². The molecule has 3 heteroatoms. The summed E-state index contributed by atoms with van der Waals surface area (Å²) in [5.74, 6) is 1.77. The molecule has 1 aromatic rings. The molecule has 0 aromatic carbocycles. The van der Waals surface area contributed by atoms with Crippen LogP contribution in [0.4, 0.5) is 0 Å². The molecule has 1 N–H and O–H groups in total. The van der Waals surface area contributed by atoms with Gasteiger partial charge in [0.15, 0.2) is 0 Å². The van der Waals surface area contributed by atoms with Gasteiger partial charge in [0, 0.05) is 6.61 Å². The lowest BCUT2D eigenvalue weighted by Gasteiger charge is -2.41. The van der Waals surface area contributed by atoms with E-state index in [0.29, 0.717) is 12.0 Å². The second-order valence-corrected chi connectivity index (χ2v) is 6.89. The van der Waals surface area contributed by atoms with Crippen molar-refractivity contribution in [1.82, 2.24) is 5.32 Å². The van der Waals surface area contributed by atoms with Crippen molar-refractivity contribution in [3.05, 3.63) is 23.7 Å². The van der Waals surface area contributed by atoms with E-state index in [-0.39, 0.29) is 5.60 Å². The lowest BCUT2D eigenvalue weighted by Crippen LogP contribution is -2.42. The molecule has 1 aromatic heterocycles. The average Bonchev–Trinajstić information content (AvgIpc) is 3.10. The van der Waals surface area contributed by atoms with Gasteiger partial charge >= 0.3 is 0 Å². The van der Waals surface area contributed by atoms with Crippen LogP contribution in [0.15, 0.2) is 16.7 Å². The third kappa shape index (κ3) is 3.19. The number of furan rings is 1. The highest BCUT2D eigenvalue weighted by Gasteiger charge is 2.42. The lowest BCUT2D eigenvalue weighted by molar-refractivity contribution is -0.0991. The third-order valence-corrected chi connectivity index (χ3v) is 5.32. The zero-order chi connectivity index (χ0) is 14.7. The predicted octanol–water partition coefficient (Wildman–Crippen LogP) is 4.37. The summed E-state index contributed by atoms with van der Waals surface area (Å²) in [7, 11) is 0. The van der Waals surface area contributed by atoms with E-state index < -0.39 is 0 Å². The van der Waals surface area contributed by atoms with Crippen LogP contribution in [-0.4, -0.2) is 18.8 Å². The van der Waals surface area contributed by atoms with Gasteiger partial charge in [0.1, 0.15) is 5.76 Å². The Kier molecular flexibility index (Phi) is 4.70.